The van der Waals surface area contributed by atoms with Crippen LogP contribution < -0.4 is 0 Å². The molecule has 186 valence electrons. The zero-order chi connectivity index (χ0) is 25.7. The van der Waals surface area contributed by atoms with E-state index in [0.29, 0.717) is 11.2 Å². The standard InChI is InChI=1S/C36H24FNS/c37-30-16-15-27-34-25(30)10-6-11-26(34)35-29-20-22(14-18-33(29)39-36(27)35)21-13-17-32-28(19-21)24-9-4-5-12-31(24)38(32)23-7-2-1-3-8-23/h1-17,20-21,33H,18-19H2. The minimum absolute atomic E-state index is 0.130. The molecule has 2 atom stereocenters. The largest absolute Gasteiger partial charge is 0.310 e. The molecular formula is C36H24FNS. The number of nitrogens with zero attached hydrogens (tertiary/aromatic N) is 1. The number of halogens is 1. The topological polar surface area (TPSA) is 4.93 Å². The van der Waals surface area contributed by atoms with E-state index in [0.717, 1.165) is 23.6 Å². The molecule has 1 nitrogen and oxygen atoms in total. The predicted octanol–water partition coefficient (Wildman–Crippen LogP) is 9.36. The van der Waals surface area contributed by atoms with Crippen molar-refractivity contribution in [1.29, 1.82) is 0 Å². The molecule has 0 saturated carbocycles. The van der Waals surface area contributed by atoms with Gasteiger partial charge in [0, 0.05) is 49.2 Å². The Kier molecular flexibility index (Phi) is 4.46. The van der Waals surface area contributed by atoms with E-state index in [4.69, 9.17) is 0 Å². The summed E-state index contributed by atoms with van der Waals surface area (Å²) in [6, 6.07) is 29.2. The van der Waals surface area contributed by atoms with Crippen molar-refractivity contribution in [1.82, 2.24) is 4.57 Å². The molecule has 2 heterocycles. The maximum absolute atomic E-state index is 14.7. The first kappa shape index (κ1) is 21.8. The van der Waals surface area contributed by atoms with Crippen LogP contribution in [0, 0.1) is 11.7 Å². The summed E-state index contributed by atoms with van der Waals surface area (Å²) in [7, 11) is 0. The van der Waals surface area contributed by atoms with Gasteiger partial charge in [-0.15, -0.1) is 11.8 Å². The fourth-order valence-electron chi connectivity index (χ4n) is 7.18. The highest BCUT2D eigenvalue weighted by Gasteiger charge is 2.39. The van der Waals surface area contributed by atoms with Crippen molar-refractivity contribution in [3.63, 3.8) is 0 Å². The molecule has 3 heteroatoms. The van der Waals surface area contributed by atoms with Gasteiger partial charge in [0.15, 0.2) is 0 Å². The third-order valence-electron chi connectivity index (χ3n) is 8.89. The van der Waals surface area contributed by atoms with E-state index in [1.54, 1.807) is 6.07 Å². The zero-order valence-electron chi connectivity index (χ0n) is 21.2. The average Bonchev–Trinajstić information content (AvgIpc) is 3.63. The van der Waals surface area contributed by atoms with Crippen molar-refractivity contribution in [3.8, 4) is 5.69 Å². The van der Waals surface area contributed by atoms with Gasteiger partial charge in [-0.1, -0.05) is 78.9 Å². The summed E-state index contributed by atoms with van der Waals surface area (Å²) in [6.45, 7) is 0. The maximum Gasteiger partial charge on any atom is 0.131 e. The summed E-state index contributed by atoms with van der Waals surface area (Å²) < 4.78 is 17.1. The second-order valence-electron chi connectivity index (χ2n) is 10.9. The van der Waals surface area contributed by atoms with Crippen molar-refractivity contribution in [2.45, 2.75) is 18.1 Å². The van der Waals surface area contributed by atoms with Crippen LogP contribution in [0.4, 0.5) is 4.39 Å². The lowest BCUT2D eigenvalue weighted by molar-refractivity contribution is 0.640. The number of aromatic nitrogens is 1. The van der Waals surface area contributed by atoms with Gasteiger partial charge in [-0.2, -0.15) is 0 Å². The molecule has 0 fully saturated rings. The smallest absolute Gasteiger partial charge is 0.131 e. The molecule has 0 saturated heterocycles. The Bertz CT molecular complexity index is 2000. The van der Waals surface area contributed by atoms with Gasteiger partial charge in [-0.3, -0.25) is 0 Å². The van der Waals surface area contributed by atoms with Crippen LogP contribution >= 0.6 is 11.8 Å². The van der Waals surface area contributed by atoms with Gasteiger partial charge in [0.1, 0.15) is 5.82 Å². The van der Waals surface area contributed by atoms with Crippen molar-refractivity contribution < 1.29 is 4.39 Å². The highest BCUT2D eigenvalue weighted by molar-refractivity contribution is 8.09. The summed E-state index contributed by atoms with van der Waals surface area (Å²) in [5, 5.41) is 3.60. The van der Waals surface area contributed by atoms with Gasteiger partial charge >= 0.3 is 0 Å². The third-order valence-corrected chi connectivity index (χ3v) is 10.3. The molecule has 4 aliphatic rings. The number of benzene rings is 4. The maximum atomic E-state index is 14.7. The first-order valence-electron chi connectivity index (χ1n) is 13.7. The normalized spacial score (nSPS) is 20.7. The fourth-order valence-corrected chi connectivity index (χ4v) is 8.61. The zero-order valence-corrected chi connectivity index (χ0v) is 22.0. The molecule has 0 bridgehead atoms. The molecule has 0 N–H and O–H groups in total. The lowest BCUT2D eigenvalue weighted by Crippen LogP contribution is -2.15. The SMILES string of the molecule is Fc1ccc2c3c(cccc13)C1=C2SC2CC=C(C3C=Cc4c(c5ccccc5n4-c4ccccc4)C3)C=C12. The number of thioether (sulfide) groups is 1. The molecular weight excluding hydrogens is 497 g/mol. The lowest BCUT2D eigenvalue weighted by Gasteiger charge is -2.25. The van der Waals surface area contributed by atoms with E-state index >= 15 is 0 Å². The molecule has 9 rings (SSSR count). The molecule has 39 heavy (non-hydrogen) atoms. The summed E-state index contributed by atoms with van der Waals surface area (Å²) in [6.07, 6.45) is 11.7. The lowest BCUT2D eigenvalue weighted by atomic mass is 9.81. The van der Waals surface area contributed by atoms with E-state index in [1.807, 2.05) is 30.0 Å². The van der Waals surface area contributed by atoms with Crippen LogP contribution in [0.3, 0.4) is 0 Å². The quantitative estimate of drug-likeness (QED) is 0.224. The summed E-state index contributed by atoms with van der Waals surface area (Å²) in [5.74, 6) is 0.210. The molecule has 1 aromatic heterocycles. The van der Waals surface area contributed by atoms with Crippen LogP contribution in [-0.4, -0.2) is 9.82 Å². The molecule has 0 radical (unpaired) electrons. The number of hydrogen-bond acceptors (Lipinski definition) is 1. The highest BCUT2D eigenvalue weighted by atomic mass is 32.2. The van der Waals surface area contributed by atoms with Gasteiger partial charge in [0.25, 0.3) is 0 Å². The van der Waals surface area contributed by atoms with Crippen molar-refractivity contribution in [3.05, 3.63) is 143 Å². The molecule has 2 unspecified atom stereocenters. The summed E-state index contributed by atoms with van der Waals surface area (Å²) in [5.41, 5.74) is 11.8. The minimum Gasteiger partial charge on any atom is -0.310 e. The van der Waals surface area contributed by atoms with Crippen molar-refractivity contribution in [2.75, 3.05) is 0 Å². The Morgan fingerprint density at radius 2 is 1.67 bits per heavy atom. The van der Waals surface area contributed by atoms with Gasteiger partial charge in [-0.05, 0) is 71.0 Å². The number of allylic oxidation sites excluding steroid dienone is 5. The van der Waals surface area contributed by atoms with Crippen LogP contribution in [0.2, 0.25) is 0 Å². The monoisotopic (exact) mass is 521 g/mol. The Hall–Kier alpha value is -4.08. The van der Waals surface area contributed by atoms with Crippen LogP contribution in [0.1, 0.15) is 28.8 Å². The minimum atomic E-state index is -0.130. The second kappa shape index (κ2) is 7.97. The molecule has 4 aromatic carbocycles. The van der Waals surface area contributed by atoms with Gasteiger partial charge < -0.3 is 4.57 Å². The van der Waals surface area contributed by atoms with E-state index in [2.05, 4.69) is 89.5 Å². The van der Waals surface area contributed by atoms with Gasteiger partial charge in [0.2, 0.25) is 0 Å². The van der Waals surface area contributed by atoms with Crippen LogP contribution in [0.5, 0.6) is 0 Å². The summed E-state index contributed by atoms with van der Waals surface area (Å²) in [4.78, 5) is 1.33. The van der Waals surface area contributed by atoms with E-state index in [-0.39, 0.29) is 5.82 Å². The number of para-hydroxylation sites is 2. The van der Waals surface area contributed by atoms with Crippen LogP contribution in [0.15, 0.2) is 114 Å². The van der Waals surface area contributed by atoms with Crippen molar-refractivity contribution >= 4 is 50.0 Å². The third kappa shape index (κ3) is 2.97. The van der Waals surface area contributed by atoms with Gasteiger partial charge in [0.05, 0.1) is 5.52 Å². The Labute approximate surface area is 230 Å². The first-order chi connectivity index (χ1) is 19.3. The van der Waals surface area contributed by atoms with Crippen molar-refractivity contribution in [2.24, 2.45) is 5.92 Å². The number of fused-ring (bicyclic) bond motifs is 7. The van der Waals surface area contributed by atoms with E-state index in [1.165, 1.54) is 60.6 Å². The van der Waals surface area contributed by atoms with Gasteiger partial charge in [-0.25, -0.2) is 4.39 Å². The second-order valence-corrected chi connectivity index (χ2v) is 12.1. The molecule has 1 aliphatic heterocycles. The number of hydrogen-bond donors (Lipinski definition) is 0. The first-order valence-corrected chi connectivity index (χ1v) is 14.5. The van der Waals surface area contributed by atoms with E-state index in [9.17, 15) is 4.39 Å². The Morgan fingerprint density at radius 3 is 2.59 bits per heavy atom. The fraction of sp³-hybridized carbons (Fsp3) is 0.111. The molecule has 0 amide bonds. The predicted molar refractivity (Wildman–Crippen MR) is 162 cm³/mol. The van der Waals surface area contributed by atoms with Crippen LogP contribution in [-0.2, 0) is 6.42 Å². The summed E-state index contributed by atoms with van der Waals surface area (Å²) >= 11 is 1.96. The average molecular weight is 522 g/mol. The molecule has 3 aliphatic carbocycles. The molecule has 0 spiro atoms. The number of rotatable bonds is 2. The van der Waals surface area contributed by atoms with Crippen LogP contribution in [0.25, 0.3) is 43.9 Å². The Balaban J connectivity index is 1.13. The Morgan fingerprint density at radius 1 is 0.821 bits per heavy atom. The molecule has 5 aromatic rings. The van der Waals surface area contributed by atoms with E-state index < -0.39 is 0 Å². The highest BCUT2D eigenvalue weighted by Crippen LogP contribution is 2.60.